The van der Waals surface area contributed by atoms with Crippen molar-refractivity contribution >= 4 is 17.8 Å². The molecule has 0 spiro atoms. The largest absolute Gasteiger partial charge is 0.372 e. The molecule has 4 heteroatoms. The second-order valence-electron chi connectivity index (χ2n) is 8.89. The first-order valence-corrected chi connectivity index (χ1v) is 11.4. The van der Waals surface area contributed by atoms with Crippen molar-refractivity contribution < 1.29 is 4.79 Å². The first-order chi connectivity index (χ1) is 14.8. The number of carbonyl (C=O) groups is 1. The van der Waals surface area contributed by atoms with E-state index in [2.05, 4.69) is 64.8 Å². The molecule has 0 aromatic heterocycles. The quantitative estimate of drug-likeness (QED) is 0.780. The maximum atomic E-state index is 12.7. The van der Waals surface area contributed by atoms with Crippen LogP contribution in [0.5, 0.6) is 0 Å². The molecule has 2 heterocycles. The third-order valence-corrected chi connectivity index (χ3v) is 6.73. The number of likely N-dealkylation sites (tertiary alicyclic amines) is 1. The fourth-order valence-corrected chi connectivity index (χ4v) is 4.84. The molecule has 1 N–H and O–H groups in total. The van der Waals surface area contributed by atoms with E-state index in [-0.39, 0.29) is 6.03 Å². The summed E-state index contributed by atoms with van der Waals surface area (Å²) in [6, 6.07) is 19.8. The van der Waals surface area contributed by atoms with Crippen LogP contribution in [0.1, 0.15) is 49.1 Å². The third-order valence-electron chi connectivity index (χ3n) is 6.73. The van der Waals surface area contributed by atoms with E-state index in [1.165, 1.54) is 48.3 Å². The first-order valence-electron chi connectivity index (χ1n) is 11.4. The molecule has 2 atom stereocenters. The van der Waals surface area contributed by atoms with Gasteiger partial charge in [-0.05, 0) is 55.4 Å². The molecular formula is C26H31N3O. The van der Waals surface area contributed by atoms with Crippen molar-refractivity contribution in [3.8, 4) is 0 Å². The van der Waals surface area contributed by atoms with Gasteiger partial charge in [0, 0.05) is 43.8 Å². The number of hydrogen-bond acceptors (Lipinski definition) is 2. The van der Waals surface area contributed by atoms with E-state index in [0.717, 1.165) is 32.4 Å². The van der Waals surface area contributed by atoms with Crippen molar-refractivity contribution in [2.45, 2.75) is 44.1 Å². The van der Waals surface area contributed by atoms with Gasteiger partial charge in [0.25, 0.3) is 0 Å². The minimum absolute atomic E-state index is 0.105. The average Bonchev–Trinajstić information content (AvgIpc) is 3.32. The summed E-state index contributed by atoms with van der Waals surface area (Å²) in [5.74, 6) is 0.485. The Hall–Kier alpha value is -2.75. The molecule has 4 nitrogen and oxygen atoms in total. The van der Waals surface area contributed by atoms with E-state index in [4.69, 9.17) is 0 Å². The number of benzene rings is 2. The standard InChI is InChI=1S/C26H31N3O/c30-26(27-25-19-24(25)22-8-2-1-3-9-22)29-15-11-20(12-16-29)17-21-7-6-10-23(18-21)28-13-4-5-14-28/h1-3,6-10,17-18,24-25H,4-5,11-16,19H2,(H,27,30). The third kappa shape index (κ3) is 4.38. The highest BCUT2D eigenvalue weighted by atomic mass is 16.2. The highest BCUT2D eigenvalue weighted by Gasteiger charge is 2.40. The summed E-state index contributed by atoms with van der Waals surface area (Å²) in [6.07, 6.45) is 7.93. The van der Waals surface area contributed by atoms with E-state index < -0.39 is 0 Å². The monoisotopic (exact) mass is 401 g/mol. The van der Waals surface area contributed by atoms with Gasteiger partial charge in [-0.3, -0.25) is 0 Å². The van der Waals surface area contributed by atoms with E-state index in [1.807, 2.05) is 11.0 Å². The van der Waals surface area contributed by atoms with Gasteiger partial charge in [-0.2, -0.15) is 0 Å². The van der Waals surface area contributed by atoms with Gasteiger partial charge in [-0.15, -0.1) is 0 Å². The molecule has 3 aliphatic rings. The number of urea groups is 1. The Morgan fingerprint density at radius 2 is 1.70 bits per heavy atom. The molecule has 30 heavy (non-hydrogen) atoms. The molecule has 1 aliphatic carbocycles. The van der Waals surface area contributed by atoms with Crippen molar-refractivity contribution in [2.75, 3.05) is 31.1 Å². The van der Waals surface area contributed by atoms with Crippen LogP contribution >= 0.6 is 0 Å². The predicted molar refractivity (Wildman–Crippen MR) is 123 cm³/mol. The molecule has 2 aromatic rings. The van der Waals surface area contributed by atoms with Gasteiger partial charge in [0.1, 0.15) is 0 Å². The summed E-state index contributed by atoms with van der Waals surface area (Å²) in [5, 5.41) is 3.24. The average molecular weight is 402 g/mol. The van der Waals surface area contributed by atoms with Crippen molar-refractivity contribution in [1.29, 1.82) is 0 Å². The van der Waals surface area contributed by atoms with E-state index >= 15 is 0 Å². The summed E-state index contributed by atoms with van der Waals surface area (Å²) in [4.78, 5) is 17.1. The Labute approximate surface area is 179 Å². The Morgan fingerprint density at radius 1 is 0.933 bits per heavy atom. The molecule has 0 bridgehead atoms. The van der Waals surface area contributed by atoms with E-state index in [9.17, 15) is 4.79 Å². The number of rotatable bonds is 4. The van der Waals surface area contributed by atoms with Crippen LogP contribution in [0.3, 0.4) is 0 Å². The number of hydrogen-bond donors (Lipinski definition) is 1. The highest BCUT2D eigenvalue weighted by molar-refractivity contribution is 5.75. The molecule has 1 saturated carbocycles. The Morgan fingerprint density at radius 3 is 2.47 bits per heavy atom. The Kier molecular flexibility index (Phi) is 5.48. The molecule has 2 unspecified atom stereocenters. The lowest BCUT2D eigenvalue weighted by Crippen LogP contribution is -2.44. The lowest BCUT2D eigenvalue weighted by atomic mass is 10.0. The minimum atomic E-state index is 0.105. The molecular weight excluding hydrogens is 370 g/mol. The molecule has 2 amide bonds. The van der Waals surface area contributed by atoms with Crippen molar-refractivity contribution in [2.24, 2.45) is 0 Å². The van der Waals surface area contributed by atoms with Crippen LogP contribution in [-0.4, -0.2) is 43.2 Å². The van der Waals surface area contributed by atoms with Gasteiger partial charge in [-0.25, -0.2) is 4.79 Å². The Bertz CT molecular complexity index is 907. The Balaban J connectivity index is 1.13. The lowest BCUT2D eigenvalue weighted by molar-refractivity contribution is 0.193. The van der Waals surface area contributed by atoms with Crippen LogP contribution in [-0.2, 0) is 0 Å². The lowest BCUT2D eigenvalue weighted by Gasteiger charge is -2.29. The SMILES string of the molecule is O=C(NC1CC1c1ccccc1)N1CCC(=Cc2cccc(N3CCCC3)c2)CC1. The summed E-state index contributed by atoms with van der Waals surface area (Å²) >= 11 is 0. The van der Waals surface area contributed by atoms with Crippen LogP contribution in [0.4, 0.5) is 10.5 Å². The fraction of sp³-hybridized carbons (Fsp3) is 0.423. The number of nitrogens with one attached hydrogen (secondary N) is 1. The zero-order valence-electron chi connectivity index (χ0n) is 17.6. The van der Waals surface area contributed by atoms with Gasteiger partial charge < -0.3 is 15.1 Å². The van der Waals surface area contributed by atoms with Gasteiger partial charge in [0.2, 0.25) is 0 Å². The van der Waals surface area contributed by atoms with Crippen molar-refractivity contribution in [1.82, 2.24) is 10.2 Å². The van der Waals surface area contributed by atoms with E-state index in [1.54, 1.807) is 0 Å². The number of anilines is 1. The second-order valence-corrected chi connectivity index (χ2v) is 8.89. The van der Waals surface area contributed by atoms with Crippen LogP contribution in [0.2, 0.25) is 0 Å². The zero-order valence-corrected chi connectivity index (χ0v) is 17.6. The molecule has 5 rings (SSSR count). The number of amides is 2. The first kappa shape index (κ1) is 19.2. The summed E-state index contributed by atoms with van der Waals surface area (Å²) in [7, 11) is 0. The van der Waals surface area contributed by atoms with Crippen molar-refractivity contribution in [3.63, 3.8) is 0 Å². The van der Waals surface area contributed by atoms with Crippen LogP contribution in [0, 0.1) is 0 Å². The number of carbonyl (C=O) groups excluding carboxylic acids is 1. The van der Waals surface area contributed by atoms with Crippen LogP contribution in [0.25, 0.3) is 6.08 Å². The molecule has 0 radical (unpaired) electrons. The predicted octanol–water partition coefficient (Wildman–Crippen LogP) is 5.03. The summed E-state index contributed by atoms with van der Waals surface area (Å²) in [6.45, 7) is 3.98. The normalized spacial score (nSPS) is 23.4. The van der Waals surface area contributed by atoms with Crippen molar-refractivity contribution in [3.05, 3.63) is 71.3 Å². The smallest absolute Gasteiger partial charge is 0.317 e. The molecule has 156 valence electrons. The van der Waals surface area contributed by atoms with E-state index in [0.29, 0.717) is 12.0 Å². The molecule has 3 fully saturated rings. The van der Waals surface area contributed by atoms with Crippen LogP contribution < -0.4 is 10.2 Å². The molecule has 2 aliphatic heterocycles. The topological polar surface area (TPSA) is 35.6 Å². The van der Waals surface area contributed by atoms with Gasteiger partial charge in [0.15, 0.2) is 0 Å². The molecule has 2 saturated heterocycles. The van der Waals surface area contributed by atoms with Gasteiger partial charge in [-0.1, -0.05) is 54.1 Å². The van der Waals surface area contributed by atoms with Gasteiger partial charge >= 0.3 is 6.03 Å². The fourth-order valence-electron chi connectivity index (χ4n) is 4.84. The minimum Gasteiger partial charge on any atom is -0.372 e. The zero-order chi connectivity index (χ0) is 20.3. The highest BCUT2D eigenvalue weighted by Crippen LogP contribution is 2.40. The summed E-state index contributed by atoms with van der Waals surface area (Å²) < 4.78 is 0. The molecule has 2 aromatic carbocycles. The maximum Gasteiger partial charge on any atom is 0.317 e. The number of nitrogens with zero attached hydrogens (tertiary/aromatic N) is 2. The second kappa shape index (κ2) is 8.55. The van der Waals surface area contributed by atoms with Gasteiger partial charge in [0.05, 0.1) is 0 Å². The van der Waals surface area contributed by atoms with Crippen LogP contribution in [0.15, 0.2) is 60.2 Å². The maximum absolute atomic E-state index is 12.7. The summed E-state index contributed by atoms with van der Waals surface area (Å²) in [5.41, 5.74) is 5.42. The number of piperidine rings is 1.